The number of ether oxygens (including phenoxy) is 1. The monoisotopic (exact) mass is 546 g/mol. The summed E-state index contributed by atoms with van der Waals surface area (Å²) in [5, 5.41) is 15.9. The highest BCUT2D eigenvalue weighted by atomic mass is 32.2. The van der Waals surface area contributed by atoms with E-state index in [-0.39, 0.29) is 26.1 Å². The van der Waals surface area contributed by atoms with E-state index < -0.39 is 64.2 Å². The van der Waals surface area contributed by atoms with Crippen LogP contribution in [-0.2, 0) is 29.0 Å². The lowest BCUT2D eigenvalue weighted by Crippen LogP contribution is -2.47. The topological polar surface area (TPSA) is 192 Å². The van der Waals surface area contributed by atoms with Crippen LogP contribution < -0.4 is 10.0 Å². The van der Waals surface area contributed by atoms with Gasteiger partial charge in [0.05, 0.1) is 11.2 Å². The number of carboxylic acids is 1. The Balaban J connectivity index is 2.01. The lowest BCUT2D eigenvalue weighted by molar-refractivity contribution is -0.144. The first-order valence-corrected chi connectivity index (χ1v) is 13.7. The number of nitrogens with one attached hydrogen (secondary N) is 2. The van der Waals surface area contributed by atoms with E-state index in [1.807, 2.05) is 27.7 Å². The zero-order chi connectivity index (χ0) is 28.3. The van der Waals surface area contributed by atoms with Gasteiger partial charge in [0.15, 0.2) is 5.54 Å². The molecular weight excluding hydrogens is 507 g/mol. The minimum Gasteiger partial charge on any atom is -0.481 e. The summed E-state index contributed by atoms with van der Waals surface area (Å²) >= 11 is 0. The van der Waals surface area contributed by atoms with Crippen molar-refractivity contribution in [2.45, 2.75) is 90.0 Å². The second-order valence-corrected chi connectivity index (χ2v) is 13.1. The molecule has 2 heterocycles. The van der Waals surface area contributed by atoms with E-state index in [2.05, 4.69) is 20.1 Å². The Morgan fingerprint density at radius 3 is 2.32 bits per heavy atom. The SMILES string of the molecule is CC(C)(C)OC(=O)NCCNS(=O)(=O)N1CC(CCCB2OC(C)(C)C(C)(C)O2)C(N=[N+]=[N-])(C(=O)O)C1. The molecule has 0 spiro atoms. The normalized spacial score (nSPS) is 25.5. The number of nitrogens with zero attached hydrogens (tertiary/aromatic N) is 4. The van der Waals surface area contributed by atoms with E-state index >= 15 is 0 Å². The number of alkyl carbamates (subject to hydrolysis) is 1. The average Bonchev–Trinajstić information content (AvgIpc) is 3.19. The lowest BCUT2D eigenvalue weighted by atomic mass is 9.78. The minimum atomic E-state index is -4.13. The predicted octanol–water partition coefficient (Wildman–Crippen LogP) is 2.28. The van der Waals surface area contributed by atoms with E-state index in [0.29, 0.717) is 12.7 Å². The van der Waals surface area contributed by atoms with Crippen LogP contribution in [-0.4, -0.2) is 85.5 Å². The Morgan fingerprint density at radius 2 is 1.81 bits per heavy atom. The number of hydrogen-bond donors (Lipinski definition) is 3. The smallest absolute Gasteiger partial charge is 0.457 e. The Morgan fingerprint density at radius 1 is 1.22 bits per heavy atom. The number of azide groups is 1. The van der Waals surface area contributed by atoms with Gasteiger partial charge in [-0.2, -0.15) is 12.7 Å². The van der Waals surface area contributed by atoms with E-state index in [1.165, 1.54) is 0 Å². The number of carboxylic acid groups (broad SMARTS) is 1. The van der Waals surface area contributed by atoms with Gasteiger partial charge in [-0.1, -0.05) is 11.5 Å². The summed E-state index contributed by atoms with van der Waals surface area (Å²) in [6.07, 6.45) is 0.528. The molecule has 3 N–H and O–H groups in total. The largest absolute Gasteiger partial charge is 0.481 e. The van der Waals surface area contributed by atoms with Crippen molar-refractivity contribution in [2.75, 3.05) is 26.2 Å². The van der Waals surface area contributed by atoms with E-state index in [0.717, 1.165) is 4.31 Å². The predicted molar refractivity (Wildman–Crippen MR) is 136 cm³/mol. The molecular formula is C21H39BN6O8S. The van der Waals surface area contributed by atoms with Gasteiger partial charge in [-0.05, 0) is 72.7 Å². The van der Waals surface area contributed by atoms with Crippen LogP contribution in [0.25, 0.3) is 10.4 Å². The number of hydrogen-bond acceptors (Lipinski definition) is 8. The molecule has 2 atom stereocenters. The molecule has 0 aromatic heterocycles. The molecule has 0 bridgehead atoms. The third-order valence-electron chi connectivity index (χ3n) is 6.82. The van der Waals surface area contributed by atoms with Crippen LogP contribution >= 0.6 is 0 Å². The van der Waals surface area contributed by atoms with Gasteiger partial charge in [-0.25, -0.2) is 9.52 Å². The molecule has 2 rings (SSSR count). The van der Waals surface area contributed by atoms with Gasteiger partial charge in [0.1, 0.15) is 5.60 Å². The summed E-state index contributed by atoms with van der Waals surface area (Å²) in [6.45, 7) is 12.0. The third kappa shape index (κ3) is 7.71. The Hall–Kier alpha value is -2.10. The van der Waals surface area contributed by atoms with E-state index in [9.17, 15) is 23.1 Å². The second kappa shape index (κ2) is 11.3. The molecule has 0 aliphatic carbocycles. The van der Waals surface area contributed by atoms with Gasteiger partial charge in [0.25, 0.3) is 10.2 Å². The van der Waals surface area contributed by atoms with Gasteiger partial charge in [0.2, 0.25) is 0 Å². The van der Waals surface area contributed by atoms with Gasteiger partial charge in [-0.3, -0.25) is 4.79 Å². The van der Waals surface area contributed by atoms with Crippen molar-refractivity contribution in [2.24, 2.45) is 11.0 Å². The molecule has 37 heavy (non-hydrogen) atoms. The molecule has 0 aromatic carbocycles. The fourth-order valence-corrected chi connectivity index (χ4v) is 5.50. The van der Waals surface area contributed by atoms with Gasteiger partial charge in [-0.15, -0.1) is 0 Å². The molecule has 210 valence electrons. The quantitative estimate of drug-likeness (QED) is 0.115. The van der Waals surface area contributed by atoms with Crippen LogP contribution in [0, 0.1) is 5.92 Å². The highest BCUT2D eigenvalue weighted by molar-refractivity contribution is 7.87. The zero-order valence-corrected chi connectivity index (χ0v) is 23.4. The molecule has 0 saturated carbocycles. The standard InChI is InChI=1S/C21H39BN6O8S/c1-18(2,3)34-17(31)24-11-12-25-37(32,33)28-13-15(21(14-28,16(29)30)26-27-23)9-8-10-22-35-19(4,5)20(6,7)36-22/h15,25H,8-14H2,1-7H3,(H,24,31)(H,29,30). The highest BCUT2D eigenvalue weighted by Crippen LogP contribution is 2.40. The second-order valence-electron chi connectivity index (χ2n) is 11.4. The maximum Gasteiger partial charge on any atom is 0.457 e. The molecule has 0 radical (unpaired) electrons. The molecule has 2 aliphatic rings. The molecule has 0 aromatic rings. The van der Waals surface area contributed by atoms with Gasteiger partial charge < -0.3 is 24.5 Å². The summed E-state index contributed by atoms with van der Waals surface area (Å²) in [4.78, 5) is 26.7. The minimum absolute atomic E-state index is 0.0417. The summed E-state index contributed by atoms with van der Waals surface area (Å²) in [7, 11) is -4.61. The van der Waals surface area contributed by atoms with Crippen molar-refractivity contribution in [1.29, 1.82) is 0 Å². The Kier molecular flexibility index (Phi) is 9.54. The Labute approximate surface area is 218 Å². The van der Waals surface area contributed by atoms with Crippen LogP contribution in [0.1, 0.15) is 61.3 Å². The van der Waals surface area contributed by atoms with Crippen molar-refractivity contribution in [3.63, 3.8) is 0 Å². The maximum absolute atomic E-state index is 12.9. The zero-order valence-electron chi connectivity index (χ0n) is 22.6. The summed E-state index contributed by atoms with van der Waals surface area (Å²) in [5.41, 5.74) is 5.43. The van der Waals surface area contributed by atoms with Crippen LogP contribution in [0.2, 0.25) is 6.32 Å². The van der Waals surface area contributed by atoms with Crippen LogP contribution in [0.15, 0.2) is 5.11 Å². The van der Waals surface area contributed by atoms with Crippen molar-refractivity contribution < 1.29 is 37.2 Å². The number of carbonyl (C=O) groups is 2. The molecule has 2 fully saturated rings. The average molecular weight is 546 g/mol. The molecule has 1 amide bonds. The molecule has 16 heteroatoms. The molecule has 2 unspecified atom stereocenters. The van der Waals surface area contributed by atoms with Crippen LogP contribution in [0.5, 0.6) is 0 Å². The fraction of sp³-hybridized carbons (Fsp3) is 0.905. The van der Waals surface area contributed by atoms with Crippen LogP contribution in [0.4, 0.5) is 4.79 Å². The lowest BCUT2D eigenvalue weighted by Gasteiger charge is -2.32. The Bertz CT molecular complexity index is 991. The van der Waals surface area contributed by atoms with E-state index in [1.54, 1.807) is 20.8 Å². The van der Waals surface area contributed by atoms with Gasteiger partial charge in [0, 0.05) is 31.1 Å². The number of aliphatic carboxylic acids is 1. The fourth-order valence-electron chi connectivity index (χ4n) is 4.21. The molecule has 2 saturated heterocycles. The summed E-state index contributed by atoms with van der Waals surface area (Å²) in [5.74, 6) is -2.16. The van der Waals surface area contributed by atoms with Crippen molar-refractivity contribution >= 4 is 29.4 Å². The molecule has 2 aliphatic heterocycles. The van der Waals surface area contributed by atoms with Gasteiger partial charge >= 0.3 is 19.2 Å². The first-order valence-electron chi connectivity index (χ1n) is 12.2. The van der Waals surface area contributed by atoms with Crippen molar-refractivity contribution in [3.05, 3.63) is 10.4 Å². The third-order valence-corrected chi connectivity index (χ3v) is 8.35. The van der Waals surface area contributed by atoms with E-state index in [4.69, 9.17) is 19.6 Å². The molecule has 14 nitrogen and oxygen atoms in total. The first-order chi connectivity index (χ1) is 16.9. The van der Waals surface area contributed by atoms with Crippen molar-refractivity contribution in [1.82, 2.24) is 14.3 Å². The highest BCUT2D eigenvalue weighted by Gasteiger charge is 2.55. The number of rotatable bonds is 11. The number of amides is 1. The first kappa shape index (κ1) is 31.1. The van der Waals surface area contributed by atoms with Crippen LogP contribution in [0.3, 0.4) is 0 Å². The number of carbonyl (C=O) groups excluding carboxylic acids is 1. The van der Waals surface area contributed by atoms with Crippen molar-refractivity contribution in [3.8, 4) is 0 Å². The maximum atomic E-state index is 12.9. The summed E-state index contributed by atoms with van der Waals surface area (Å²) in [6, 6.07) is 0. The summed E-state index contributed by atoms with van der Waals surface area (Å²) < 4.78 is 46.1.